The Labute approximate surface area is 171 Å². The minimum absolute atomic E-state index is 0.111. The normalized spacial score (nSPS) is 16.2. The zero-order valence-corrected chi connectivity index (χ0v) is 16.6. The molecule has 2 aromatic rings. The molecule has 0 saturated carbocycles. The number of rotatable bonds is 6. The van der Waals surface area contributed by atoms with Crippen molar-refractivity contribution in [2.75, 3.05) is 25.4 Å². The average Bonchev–Trinajstić information content (AvgIpc) is 3.26. The lowest BCUT2D eigenvalue weighted by molar-refractivity contribution is -0.126. The van der Waals surface area contributed by atoms with Crippen molar-refractivity contribution >= 4 is 45.7 Å². The second-order valence-electron chi connectivity index (χ2n) is 7.08. The maximum Gasteiger partial charge on any atom is 0.338 e. The Balaban J connectivity index is 1.29. The van der Waals surface area contributed by atoms with Gasteiger partial charge in [0.25, 0.3) is 11.1 Å². The largest absolute Gasteiger partial charge is 0.452 e. The summed E-state index contributed by atoms with van der Waals surface area (Å²) in [5.41, 5.74) is 3.92. The molecule has 2 aliphatic rings. The average molecular weight is 415 g/mol. The van der Waals surface area contributed by atoms with Crippen LogP contribution in [0, 0.1) is 0 Å². The van der Waals surface area contributed by atoms with Gasteiger partial charge in [-0.15, -0.1) is 0 Å². The van der Waals surface area contributed by atoms with E-state index in [9.17, 15) is 19.2 Å². The molecule has 1 fully saturated rings. The molecule has 1 saturated heterocycles. The van der Waals surface area contributed by atoms with Crippen molar-refractivity contribution in [1.29, 1.82) is 0 Å². The lowest BCUT2D eigenvalue weighted by atomic mass is 9.95. The van der Waals surface area contributed by atoms with Crippen LogP contribution in [0.5, 0.6) is 0 Å². The second-order valence-corrected chi connectivity index (χ2v) is 8.00. The number of carbonyl (C=O) groups excluding carboxylic acids is 4. The first-order valence-corrected chi connectivity index (χ1v) is 10.6. The number of aryl methyl sites for hydroxylation is 2. The second kappa shape index (κ2) is 8.28. The summed E-state index contributed by atoms with van der Waals surface area (Å²) in [7, 11) is 0. The molecule has 1 aliphatic carbocycles. The molecule has 1 aliphatic heterocycles. The van der Waals surface area contributed by atoms with Crippen LogP contribution in [0.2, 0.25) is 0 Å². The van der Waals surface area contributed by atoms with Gasteiger partial charge in [-0.25, -0.2) is 4.79 Å². The number of ether oxygens (including phenoxy) is 1. The lowest BCUT2D eigenvalue weighted by Gasteiger charge is -2.13. The number of amides is 3. The third-order valence-corrected chi connectivity index (χ3v) is 6.02. The summed E-state index contributed by atoms with van der Waals surface area (Å²) < 4.78 is 5.11. The molecule has 1 aromatic carbocycles. The van der Waals surface area contributed by atoms with Gasteiger partial charge >= 0.3 is 5.97 Å². The highest BCUT2D eigenvalue weighted by atomic mass is 32.2. The van der Waals surface area contributed by atoms with E-state index in [4.69, 9.17) is 4.74 Å². The van der Waals surface area contributed by atoms with E-state index in [1.54, 1.807) is 6.07 Å². The van der Waals surface area contributed by atoms with Crippen molar-refractivity contribution in [2.45, 2.75) is 25.7 Å². The first kappa shape index (κ1) is 19.5. The Morgan fingerprint density at radius 1 is 1.21 bits per heavy atom. The fraction of sp³-hybridized carbons (Fsp3) is 0.400. The molecule has 4 rings (SSSR count). The molecule has 152 valence electrons. The first-order valence-electron chi connectivity index (χ1n) is 9.57. The molecule has 0 radical (unpaired) electrons. The van der Waals surface area contributed by atoms with Gasteiger partial charge in [-0.1, -0.05) is 11.8 Å². The topological polar surface area (TPSA) is 109 Å². The van der Waals surface area contributed by atoms with Crippen molar-refractivity contribution in [3.05, 3.63) is 35.0 Å². The monoisotopic (exact) mass is 415 g/mol. The van der Waals surface area contributed by atoms with E-state index in [1.165, 1.54) is 17.7 Å². The van der Waals surface area contributed by atoms with Crippen LogP contribution < -0.4 is 5.32 Å². The van der Waals surface area contributed by atoms with Crippen molar-refractivity contribution in [3.8, 4) is 0 Å². The van der Waals surface area contributed by atoms with Gasteiger partial charge in [0, 0.05) is 29.7 Å². The van der Waals surface area contributed by atoms with Gasteiger partial charge < -0.3 is 15.0 Å². The fourth-order valence-corrected chi connectivity index (χ4v) is 4.45. The number of aromatic amines is 1. The van der Waals surface area contributed by atoms with E-state index < -0.39 is 18.5 Å². The Bertz CT molecular complexity index is 983. The molecule has 0 atom stereocenters. The Hall–Kier alpha value is -2.81. The van der Waals surface area contributed by atoms with Gasteiger partial charge in [0.1, 0.15) is 0 Å². The van der Waals surface area contributed by atoms with Crippen molar-refractivity contribution in [2.24, 2.45) is 0 Å². The Kier molecular flexibility index (Phi) is 5.57. The van der Waals surface area contributed by atoms with E-state index in [1.807, 2.05) is 12.1 Å². The smallest absolute Gasteiger partial charge is 0.338 e. The van der Waals surface area contributed by atoms with Crippen LogP contribution >= 0.6 is 11.8 Å². The number of H-pyrrole nitrogens is 1. The third-order valence-electron chi connectivity index (χ3n) is 5.17. The van der Waals surface area contributed by atoms with Crippen LogP contribution in [0.1, 0.15) is 34.5 Å². The van der Waals surface area contributed by atoms with Gasteiger partial charge in [0.2, 0.25) is 5.91 Å². The van der Waals surface area contributed by atoms with Gasteiger partial charge in [-0.2, -0.15) is 0 Å². The maximum absolute atomic E-state index is 12.3. The summed E-state index contributed by atoms with van der Waals surface area (Å²) in [5, 5.41) is 3.28. The molecule has 3 amide bonds. The minimum atomic E-state index is -0.561. The fourth-order valence-electron chi connectivity index (χ4n) is 3.70. The predicted molar refractivity (Wildman–Crippen MR) is 108 cm³/mol. The molecule has 1 aromatic heterocycles. The number of nitrogens with one attached hydrogen (secondary N) is 2. The number of esters is 1. The minimum Gasteiger partial charge on any atom is -0.452 e. The summed E-state index contributed by atoms with van der Waals surface area (Å²) >= 11 is 0.947. The predicted octanol–water partition coefficient (Wildman–Crippen LogP) is 2.02. The van der Waals surface area contributed by atoms with E-state index in [-0.39, 0.29) is 30.0 Å². The third kappa shape index (κ3) is 4.14. The molecular weight excluding hydrogens is 394 g/mol. The standard InChI is InChI=1S/C20H21N3O5S/c24-17(21-7-8-23-18(25)11-29-20(23)27)10-28-19(26)12-5-6-16-14(9-12)13-3-1-2-4-15(13)22-16/h5-6,9,22H,1-4,7-8,10-11H2,(H,21,24). The number of aromatic nitrogens is 1. The van der Waals surface area contributed by atoms with Crippen LogP contribution in [0.25, 0.3) is 10.9 Å². The molecule has 0 unspecified atom stereocenters. The number of fused-ring (bicyclic) bond motifs is 3. The van der Waals surface area contributed by atoms with Crippen molar-refractivity contribution < 1.29 is 23.9 Å². The Morgan fingerprint density at radius 3 is 2.83 bits per heavy atom. The SMILES string of the molecule is O=C(COC(=O)c1ccc2[nH]c3c(c2c1)CCCC3)NCCN1C(=O)CSC1=O. The summed E-state index contributed by atoms with van der Waals surface area (Å²) in [4.78, 5) is 51.7. The van der Waals surface area contributed by atoms with Gasteiger partial charge in [0.15, 0.2) is 6.61 Å². The summed E-state index contributed by atoms with van der Waals surface area (Å²) in [6.07, 6.45) is 4.33. The van der Waals surface area contributed by atoms with E-state index >= 15 is 0 Å². The number of hydrogen-bond donors (Lipinski definition) is 2. The van der Waals surface area contributed by atoms with Crippen LogP contribution in [-0.2, 0) is 27.2 Å². The van der Waals surface area contributed by atoms with Crippen molar-refractivity contribution in [1.82, 2.24) is 15.2 Å². The number of hydrogen-bond acceptors (Lipinski definition) is 6. The number of benzene rings is 1. The molecule has 9 heteroatoms. The van der Waals surface area contributed by atoms with E-state index in [0.29, 0.717) is 5.56 Å². The molecule has 0 spiro atoms. The van der Waals surface area contributed by atoms with Crippen molar-refractivity contribution in [3.63, 3.8) is 0 Å². The van der Waals surface area contributed by atoms with Crippen LogP contribution in [0.3, 0.4) is 0 Å². The maximum atomic E-state index is 12.3. The van der Waals surface area contributed by atoms with Crippen LogP contribution in [-0.4, -0.2) is 58.4 Å². The zero-order valence-electron chi connectivity index (χ0n) is 15.8. The molecule has 29 heavy (non-hydrogen) atoms. The quantitative estimate of drug-likeness (QED) is 0.699. The summed E-state index contributed by atoms with van der Waals surface area (Å²) in [5.74, 6) is -1.17. The summed E-state index contributed by atoms with van der Waals surface area (Å²) in [6, 6.07) is 5.37. The summed E-state index contributed by atoms with van der Waals surface area (Å²) in [6.45, 7) is -0.186. The highest BCUT2D eigenvalue weighted by Crippen LogP contribution is 2.29. The molecule has 0 bridgehead atoms. The Morgan fingerprint density at radius 2 is 2.03 bits per heavy atom. The molecular formula is C20H21N3O5S. The van der Waals surface area contributed by atoms with E-state index in [0.717, 1.165) is 46.8 Å². The van der Waals surface area contributed by atoms with Crippen LogP contribution in [0.15, 0.2) is 18.2 Å². The zero-order chi connectivity index (χ0) is 20.4. The number of carbonyl (C=O) groups is 4. The number of imide groups is 1. The molecule has 2 heterocycles. The van der Waals surface area contributed by atoms with Gasteiger partial charge in [0.05, 0.1) is 11.3 Å². The molecule has 8 nitrogen and oxygen atoms in total. The number of thioether (sulfide) groups is 1. The van der Waals surface area contributed by atoms with Gasteiger partial charge in [-0.05, 0) is 49.4 Å². The number of nitrogens with zero attached hydrogens (tertiary/aromatic N) is 1. The first-order chi connectivity index (χ1) is 14.0. The van der Waals surface area contributed by atoms with Gasteiger partial charge in [-0.3, -0.25) is 19.3 Å². The highest BCUT2D eigenvalue weighted by Gasteiger charge is 2.29. The lowest BCUT2D eigenvalue weighted by Crippen LogP contribution is -2.38. The molecule has 2 N–H and O–H groups in total. The highest BCUT2D eigenvalue weighted by molar-refractivity contribution is 8.14. The van der Waals surface area contributed by atoms with Crippen LogP contribution in [0.4, 0.5) is 4.79 Å². The van der Waals surface area contributed by atoms with E-state index in [2.05, 4.69) is 10.3 Å².